The monoisotopic (exact) mass is 447 g/mol. The van der Waals surface area contributed by atoms with Gasteiger partial charge in [-0.05, 0) is 83.6 Å². The highest BCUT2D eigenvalue weighted by Gasteiger charge is 2.36. The maximum atomic E-state index is 12.4. The van der Waals surface area contributed by atoms with E-state index in [0.717, 1.165) is 25.2 Å². The fraction of sp³-hybridized carbons (Fsp3) is 0.500. The van der Waals surface area contributed by atoms with Crippen LogP contribution in [0.15, 0.2) is 42.5 Å². The summed E-state index contributed by atoms with van der Waals surface area (Å²) in [6.07, 6.45) is 4.63. The first-order valence-electron chi connectivity index (χ1n) is 12.4. The number of hydrogen-bond donors (Lipinski definition) is 0. The van der Waals surface area contributed by atoms with Crippen LogP contribution in [0, 0.1) is 0 Å². The molecule has 0 saturated heterocycles. The Hall–Kier alpha value is -2.39. The molecule has 1 aliphatic rings. The van der Waals surface area contributed by atoms with Crippen molar-refractivity contribution in [2.75, 3.05) is 26.2 Å². The van der Waals surface area contributed by atoms with E-state index in [2.05, 4.69) is 77.6 Å². The van der Waals surface area contributed by atoms with Gasteiger partial charge in [0.2, 0.25) is 0 Å². The van der Waals surface area contributed by atoms with Gasteiger partial charge in [0.05, 0.1) is 5.56 Å². The Morgan fingerprint density at radius 1 is 0.909 bits per heavy atom. The van der Waals surface area contributed by atoms with Crippen LogP contribution in [0.5, 0.6) is 0 Å². The number of carbonyl (C=O) groups is 1. The van der Waals surface area contributed by atoms with E-state index in [1.807, 2.05) is 24.3 Å². The van der Waals surface area contributed by atoms with Crippen LogP contribution in [0.4, 0.5) is 0 Å². The topological polar surface area (TPSA) is 29.5 Å². The number of fused-ring (bicyclic) bond motifs is 1. The Balaban J connectivity index is 1.72. The highest BCUT2D eigenvalue weighted by atomic mass is 16.5. The van der Waals surface area contributed by atoms with Gasteiger partial charge in [0, 0.05) is 6.54 Å². The lowest BCUT2D eigenvalue weighted by Crippen LogP contribution is -2.33. The summed E-state index contributed by atoms with van der Waals surface area (Å²) in [5.74, 6) is -0.256. The standard InChI is InChI=1S/C30H41NO2/c1-8-31(9-2)18-19-33-28(32)24-12-10-23(11-13-24)20-22(3)25-14-15-26-27(21-25)30(6,7)17-16-29(26,4)5/h10-15,20-21H,8-9,16-19H2,1-7H3/b22-20+. The molecule has 0 aromatic heterocycles. The predicted octanol–water partition coefficient (Wildman–Crippen LogP) is 7.09. The van der Waals surface area contributed by atoms with Crippen LogP contribution in [0.25, 0.3) is 11.6 Å². The predicted molar refractivity (Wildman–Crippen MR) is 140 cm³/mol. The van der Waals surface area contributed by atoms with Gasteiger partial charge in [-0.2, -0.15) is 0 Å². The third kappa shape index (κ3) is 5.95. The molecular weight excluding hydrogens is 406 g/mol. The number of esters is 1. The van der Waals surface area contributed by atoms with E-state index in [1.54, 1.807) is 0 Å². The first kappa shape index (κ1) is 25.2. The van der Waals surface area contributed by atoms with Crippen molar-refractivity contribution in [3.8, 4) is 0 Å². The number of likely N-dealkylation sites (N-methyl/N-ethyl adjacent to an activating group) is 1. The smallest absolute Gasteiger partial charge is 0.338 e. The molecule has 0 spiro atoms. The number of carbonyl (C=O) groups excluding carboxylic acids is 1. The molecule has 178 valence electrons. The normalized spacial score (nSPS) is 17.0. The molecule has 3 heteroatoms. The van der Waals surface area contributed by atoms with Crippen molar-refractivity contribution in [3.63, 3.8) is 0 Å². The average molecular weight is 448 g/mol. The van der Waals surface area contributed by atoms with E-state index >= 15 is 0 Å². The molecular formula is C30H41NO2. The molecule has 0 radical (unpaired) electrons. The van der Waals surface area contributed by atoms with Gasteiger partial charge in [0.25, 0.3) is 0 Å². The van der Waals surface area contributed by atoms with Gasteiger partial charge in [0.15, 0.2) is 0 Å². The van der Waals surface area contributed by atoms with Crippen LogP contribution in [0.2, 0.25) is 0 Å². The quantitative estimate of drug-likeness (QED) is 0.319. The van der Waals surface area contributed by atoms with Gasteiger partial charge in [-0.1, -0.05) is 78.0 Å². The van der Waals surface area contributed by atoms with Crippen molar-refractivity contribution < 1.29 is 9.53 Å². The van der Waals surface area contributed by atoms with Crippen LogP contribution in [-0.4, -0.2) is 37.1 Å². The largest absolute Gasteiger partial charge is 0.461 e. The molecule has 0 fully saturated rings. The summed E-state index contributed by atoms with van der Waals surface area (Å²) >= 11 is 0. The van der Waals surface area contributed by atoms with Crippen LogP contribution in [0.3, 0.4) is 0 Å². The van der Waals surface area contributed by atoms with E-state index in [4.69, 9.17) is 4.74 Å². The molecule has 0 saturated carbocycles. The van der Waals surface area contributed by atoms with Crippen molar-refractivity contribution >= 4 is 17.6 Å². The molecule has 0 bridgehead atoms. The van der Waals surface area contributed by atoms with E-state index < -0.39 is 0 Å². The lowest BCUT2D eigenvalue weighted by atomic mass is 9.63. The van der Waals surface area contributed by atoms with Gasteiger partial charge < -0.3 is 9.64 Å². The third-order valence-corrected chi connectivity index (χ3v) is 7.37. The number of hydrogen-bond acceptors (Lipinski definition) is 3. The van der Waals surface area contributed by atoms with E-state index in [1.165, 1.54) is 35.1 Å². The summed E-state index contributed by atoms with van der Waals surface area (Å²) < 4.78 is 5.45. The minimum atomic E-state index is -0.256. The van der Waals surface area contributed by atoms with Crippen molar-refractivity contribution in [2.24, 2.45) is 0 Å². The Bertz CT molecular complexity index is 994. The number of allylic oxidation sites excluding steroid dienone is 1. The van der Waals surface area contributed by atoms with Crippen molar-refractivity contribution in [1.29, 1.82) is 0 Å². The maximum absolute atomic E-state index is 12.4. The number of nitrogens with zero attached hydrogens (tertiary/aromatic N) is 1. The maximum Gasteiger partial charge on any atom is 0.338 e. The Labute approximate surface area is 200 Å². The van der Waals surface area contributed by atoms with Crippen molar-refractivity contribution in [3.05, 3.63) is 70.3 Å². The number of rotatable bonds is 8. The molecule has 0 unspecified atom stereocenters. The van der Waals surface area contributed by atoms with Gasteiger partial charge in [-0.3, -0.25) is 0 Å². The summed E-state index contributed by atoms with van der Waals surface area (Å²) in [6.45, 7) is 19.0. The molecule has 1 aliphatic carbocycles. The first-order valence-corrected chi connectivity index (χ1v) is 12.4. The van der Waals surface area contributed by atoms with Crippen molar-refractivity contribution in [2.45, 2.75) is 72.1 Å². The highest BCUT2D eigenvalue weighted by molar-refractivity contribution is 5.90. The van der Waals surface area contributed by atoms with Crippen LogP contribution < -0.4 is 0 Å². The summed E-state index contributed by atoms with van der Waals surface area (Å²) in [5, 5.41) is 0. The van der Waals surface area contributed by atoms with Gasteiger partial charge in [0.1, 0.15) is 6.61 Å². The van der Waals surface area contributed by atoms with E-state index in [9.17, 15) is 4.79 Å². The minimum absolute atomic E-state index is 0.203. The summed E-state index contributed by atoms with van der Waals surface area (Å²) in [4.78, 5) is 14.6. The molecule has 0 aliphatic heterocycles. The second-order valence-corrected chi connectivity index (χ2v) is 10.6. The SMILES string of the molecule is CCN(CC)CCOC(=O)c1ccc(/C=C(\C)c2ccc3c(c2)C(C)(C)CCC3(C)C)cc1. The average Bonchev–Trinajstić information content (AvgIpc) is 2.80. The summed E-state index contributed by atoms with van der Waals surface area (Å²) in [7, 11) is 0. The molecule has 0 N–H and O–H groups in total. The molecule has 0 heterocycles. The van der Waals surface area contributed by atoms with Crippen molar-refractivity contribution in [1.82, 2.24) is 4.90 Å². The zero-order valence-corrected chi connectivity index (χ0v) is 21.6. The highest BCUT2D eigenvalue weighted by Crippen LogP contribution is 2.46. The fourth-order valence-corrected chi connectivity index (χ4v) is 4.77. The molecule has 3 rings (SSSR count). The lowest BCUT2D eigenvalue weighted by Gasteiger charge is -2.42. The fourth-order valence-electron chi connectivity index (χ4n) is 4.77. The zero-order chi connectivity index (χ0) is 24.2. The van der Waals surface area contributed by atoms with Gasteiger partial charge in [-0.25, -0.2) is 4.79 Å². The molecule has 2 aromatic rings. The Morgan fingerprint density at radius 2 is 1.48 bits per heavy atom. The number of benzene rings is 2. The Morgan fingerprint density at radius 3 is 2.09 bits per heavy atom. The first-order chi connectivity index (χ1) is 15.6. The lowest BCUT2D eigenvalue weighted by molar-refractivity contribution is 0.0466. The van der Waals surface area contributed by atoms with E-state index in [-0.39, 0.29) is 16.8 Å². The van der Waals surface area contributed by atoms with Gasteiger partial charge in [-0.15, -0.1) is 0 Å². The van der Waals surface area contributed by atoms with Crippen LogP contribution >= 0.6 is 0 Å². The van der Waals surface area contributed by atoms with Crippen LogP contribution in [0.1, 0.15) is 93.9 Å². The van der Waals surface area contributed by atoms with Crippen LogP contribution in [-0.2, 0) is 15.6 Å². The minimum Gasteiger partial charge on any atom is -0.461 e. The second-order valence-electron chi connectivity index (χ2n) is 10.6. The summed E-state index contributed by atoms with van der Waals surface area (Å²) in [6, 6.07) is 14.7. The third-order valence-electron chi connectivity index (χ3n) is 7.37. The number of ether oxygens (including phenoxy) is 1. The van der Waals surface area contributed by atoms with Gasteiger partial charge >= 0.3 is 5.97 Å². The molecule has 33 heavy (non-hydrogen) atoms. The zero-order valence-electron chi connectivity index (χ0n) is 21.6. The second kappa shape index (κ2) is 10.3. The summed E-state index contributed by atoms with van der Waals surface area (Å²) in [5.41, 5.74) is 7.58. The molecule has 0 amide bonds. The molecule has 0 atom stereocenters. The molecule has 2 aromatic carbocycles. The molecule has 3 nitrogen and oxygen atoms in total. The Kier molecular flexibility index (Phi) is 7.84. The van der Waals surface area contributed by atoms with E-state index in [0.29, 0.717) is 12.2 Å².